The minimum Gasteiger partial charge on any atom is -0.453 e. The van der Waals surface area contributed by atoms with E-state index in [4.69, 9.17) is 9.47 Å². The second kappa shape index (κ2) is 7.74. The number of nitrogens with one attached hydrogen (secondary N) is 1. The zero-order chi connectivity index (χ0) is 23.3. The molecule has 3 heterocycles. The molecule has 170 valence electrons. The normalized spacial score (nSPS) is 13.6. The van der Waals surface area contributed by atoms with Gasteiger partial charge < -0.3 is 19.9 Å². The summed E-state index contributed by atoms with van der Waals surface area (Å²) in [6.45, 7) is 9.28. The highest BCUT2D eigenvalue weighted by Crippen LogP contribution is 2.39. The van der Waals surface area contributed by atoms with Crippen molar-refractivity contribution in [3.8, 4) is 22.6 Å². The van der Waals surface area contributed by atoms with Gasteiger partial charge in [-0.15, -0.1) is 0 Å². The molecule has 32 heavy (non-hydrogen) atoms. The zero-order valence-electron chi connectivity index (χ0n) is 18.8. The van der Waals surface area contributed by atoms with E-state index in [9.17, 15) is 14.3 Å². The van der Waals surface area contributed by atoms with Gasteiger partial charge in [-0.3, -0.25) is 4.79 Å². The SMILES string of the molecule is CC(C)(O)CCn1nc(NC(=O)C(C)(C)C)c2cc(-c3cc(F)c4c(c3)OCO4)cnc21. The summed E-state index contributed by atoms with van der Waals surface area (Å²) in [5.41, 5.74) is 0.274. The Bertz CT molecular complexity index is 1190. The lowest BCUT2D eigenvalue weighted by Crippen LogP contribution is -2.28. The van der Waals surface area contributed by atoms with E-state index in [1.54, 1.807) is 30.8 Å². The lowest BCUT2D eigenvalue weighted by molar-refractivity contribution is -0.123. The molecule has 1 amide bonds. The van der Waals surface area contributed by atoms with E-state index in [0.717, 1.165) is 0 Å². The van der Waals surface area contributed by atoms with Crippen LogP contribution in [0.4, 0.5) is 10.2 Å². The third kappa shape index (κ3) is 4.38. The maximum Gasteiger partial charge on any atom is 0.231 e. The molecule has 0 fully saturated rings. The third-order valence-corrected chi connectivity index (χ3v) is 5.20. The lowest BCUT2D eigenvalue weighted by atomic mass is 9.96. The Labute approximate surface area is 185 Å². The first-order valence-corrected chi connectivity index (χ1v) is 10.4. The Balaban J connectivity index is 1.78. The van der Waals surface area contributed by atoms with Crippen LogP contribution in [0.1, 0.15) is 41.0 Å². The molecule has 1 aromatic carbocycles. The zero-order valence-corrected chi connectivity index (χ0v) is 18.8. The molecule has 0 saturated carbocycles. The fourth-order valence-corrected chi connectivity index (χ4v) is 3.27. The number of pyridine rings is 1. The first-order chi connectivity index (χ1) is 14.9. The molecule has 0 atom stereocenters. The number of anilines is 1. The van der Waals surface area contributed by atoms with Gasteiger partial charge in [0, 0.05) is 23.7 Å². The number of amides is 1. The summed E-state index contributed by atoms with van der Waals surface area (Å²) in [5.74, 6) is 0.0945. The van der Waals surface area contributed by atoms with Crippen molar-refractivity contribution in [1.82, 2.24) is 14.8 Å². The Morgan fingerprint density at radius 1 is 1.19 bits per heavy atom. The van der Waals surface area contributed by atoms with Crippen molar-refractivity contribution in [2.24, 2.45) is 5.41 Å². The Morgan fingerprint density at radius 3 is 2.62 bits per heavy atom. The minimum atomic E-state index is -0.878. The van der Waals surface area contributed by atoms with Crippen LogP contribution in [-0.2, 0) is 11.3 Å². The summed E-state index contributed by atoms with van der Waals surface area (Å²) in [6, 6.07) is 4.87. The van der Waals surface area contributed by atoms with Crippen molar-refractivity contribution in [3.05, 3.63) is 30.2 Å². The molecule has 0 bridgehead atoms. The number of rotatable bonds is 5. The second-order valence-electron chi connectivity index (χ2n) is 9.63. The van der Waals surface area contributed by atoms with Gasteiger partial charge in [0.1, 0.15) is 0 Å². The summed E-state index contributed by atoms with van der Waals surface area (Å²) in [5, 5.41) is 18.2. The molecule has 0 unspecified atom stereocenters. The lowest BCUT2D eigenvalue weighted by Gasteiger charge is -2.17. The van der Waals surface area contributed by atoms with Gasteiger partial charge in [-0.25, -0.2) is 14.1 Å². The summed E-state index contributed by atoms with van der Waals surface area (Å²) in [6.07, 6.45) is 2.07. The number of nitrogens with zero attached hydrogens (tertiary/aromatic N) is 3. The van der Waals surface area contributed by atoms with E-state index < -0.39 is 16.8 Å². The molecular weight excluding hydrogens is 415 g/mol. The molecule has 0 spiro atoms. The van der Waals surface area contributed by atoms with Crippen LogP contribution in [0.3, 0.4) is 0 Å². The van der Waals surface area contributed by atoms with Crippen LogP contribution in [0, 0.1) is 11.2 Å². The molecule has 2 N–H and O–H groups in total. The average molecular weight is 442 g/mol. The van der Waals surface area contributed by atoms with Gasteiger partial charge in [0.15, 0.2) is 23.0 Å². The number of fused-ring (bicyclic) bond motifs is 2. The van der Waals surface area contributed by atoms with Crippen molar-refractivity contribution in [2.45, 2.75) is 53.2 Å². The van der Waals surface area contributed by atoms with Crippen molar-refractivity contribution in [1.29, 1.82) is 0 Å². The van der Waals surface area contributed by atoms with Gasteiger partial charge in [0.25, 0.3) is 0 Å². The van der Waals surface area contributed by atoms with Crippen LogP contribution in [-0.4, -0.2) is 38.2 Å². The maximum atomic E-state index is 14.4. The topological polar surface area (TPSA) is 98.5 Å². The summed E-state index contributed by atoms with van der Waals surface area (Å²) in [7, 11) is 0. The van der Waals surface area contributed by atoms with Crippen molar-refractivity contribution in [3.63, 3.8) is 0 Å². The molecule has 1 aliphatic rings. The van der Waals surface area contributed by atoms with Gasteiger partial charge in [-0.1, -0.05) is 20.8 Å². The quantitative estimate of drug-likeness (QED) is 0.617. The van der Waals surface area contributed by atoms with E-state index in [1.807, 2.05) is 26.8 Å². The average Bonchev–Trinajstić information content (AvgIpc) is 3.30. The molecule has 4 rings (SSSR count). The van der Waals surface area contributed by atoms with Gasteiger partial charge in [0.05, 0.1) is 11.0 Å². The number of aryl methyl sites for hydroxylation is 1. The fraction of sp³-hybridized carbons (Fsp3) is 0.435. The maximum absolute atomic E-state index is 14.4. The summed E-state index contributed by atoms with van der Waals surface area (Å²) in [4.78, 5) is 17.2. The fourth-order valence-electron chi connectivity index (χ4n) is 3.27. The predicted octanol–water partition coefficient (Wildman–Crippen LogP) is 4.11. The van der Waals surface area contributed by atoms with E-state index in [2.05, 4.69) is 15.4 Å². The van der Waals surface area contributed by atoms with E-state index >= 15 is 0 Å². The van der Waals surface area contributed by atoms with Gasteiger partial charge in [-0.05, 0) is 44.0 Å². The standard InChI is InChI=1S/C23H27FN4O4/c1-22(2,3)21(29)26-19-15-8-14(13-9-16(24)18-17(10-13)31-12-32-18)11-25-20(15)28(27-19)7-6-23(4,5)30/h8-11,30H,6-7,12H2,1-5H3,(H,26,27,29). The van der Waals surface area contributed by atoms with Crippen molar-refractivity contribution >= 4 is 22.8 Å². The van der Waals surface area contributed by atoms with Crippen molar-refractivity contribution in [2.75, 3.05) is 12.1 Å². The van der Waals surface area contributed by atoms with Crippen molar-refractivity contribution < 1.29 is 23.8 Å². The number of aromatic nitrogens is 3. The number of carbonyl (C=O) groups excluding carboxylic acids is 1. The highest BCUT2D eigenvalue weighted by molar-refractivity contribution is 6.01. The monoisotopic (exact) mass is 442 g/mol. The Morgan fingerprint density at radius 2 is 1.94 bits per heavy atom. The number of ether oxygens (including phenoxy) is 2. The first-order valence-electron chi connectivity index (χ1n) is 10.4. The molecule has 8 nitrogen and oxygen atoms in total. The van der Waals surface area contributed by atoms with Crippen LogP contribution in [0.2, 0.25) is 0 Å². The summed E-state index contributed by atoms with van der Waals surface area (Å²) >= 11 is 0. The Kier molecular flexibility index (Phi) is 5.32. The largest absolute Gasteiger partial charge is 0.453 e. The molecular formula is C23H27FN4O4. The van der Waals surface area contributed by atoms with Crippen LogP contribution in [0.15, 0.2) is 24.4 Å². The number of carbonyl (C=O) groups is 1. The van der Waals surface area contributed by atoms with Gasteiger partial charge in [0.2, 0.25) is 18.4 Å². The molecule has 0 radical (unpaired) electrons. The van der Waals surface area contributed by atoms with E-state index in [1.165, 1.54) is 6.07 Å². The third-order valence-electron chi connectivity index (χ3n) is 5.20. The molecule has 0 saturated heterocycles. The van der Waals surface area contributed by atoms with Gasteiger partial charge >= 0.3 is 0 Å². The van der Waals surface area contributed by atoms with E-state index in [0.29, 0.717) is 46.7 Å². The molecule has 9 heteroatoms. The highest BCUT2D eigenvalue weighted by Gasteiger charge is 2.25. The second-order valence-corrected chi connectivity index (χ2v) is 9.63. The number of benzene rings is 1. The highest BCUT2D eigenvalue weighted by atomic mass is 19.1. The number of hydrogen-bond acceptors (Lipinski definition) is 6. The smallest absolute Gasteiger partial charge is 0.231 e. The number of hydrogen-bond donors (Lipinski definition) is 2. The minimum absolute atomic E-state index is 0.0239. The van der Waals surface area contributed by atoms with Gasteiger partial charge in [-0.2, -0.15) is 5.10 Å². The van der Waals surface area contributed by atoms with Crippen LogP contribution in [0.5, 0.6) is 11.5 Å². The van der Waals surface area contributed by atoms with E-state index in [-0.39, 0.29) is 18.4 Å². The summed E-state index contributed by atoms with van der Waals surface area (Å²) < 4.78 is 26.6. The van der Waals surface area contributed by atoms with Crippen LogP contribution in [0.25, 0.3) is 22.2 Å². The number of aliphatic hydroxyl groups is 1. The van der Waals surface area contributed by atoms with Crippen LogP contribution >= 0.6 is 0 Å². The number of halogens is 1. The van der Waals surface area contributed by atoms with Crippen LogP contribution < -0.4 is 14.8 Å². The molecule has 0 aliphatic carbocycles. The molecule has 3 aromatic rings. The molecule has 1 aliphatic heterocycles. The first kappa shape index (κ1) is 22.0. The predicted molar refractivity (Wildman–Crippen MR) is 118 cm³/mol. The Hall–Kier alpha value is -3.20. The molecule has 2 aromatic heterocycles.